The minimum atomic E-state index is -0.532. The molecule has 7 nitrogen and oxygen atoms in total. The van der Waals surface area contributed by atoms with Crippen molar-refractivity contribution in [1.82, 2.24) is 0 Å². The fourth-order valence-corrected chi connectivity index (χ4v) is 4.99. The lowest BCUT2D eigenvalue weighted by molar-refractivity contribution is -0.106. The van der Waals surface area contributed by atoms with E-state index >= 15 is 0 Å². The number of carbonyl (C=O) groups excluding carboxylic acids is 2. The van der Waals surface area contributed by atoms with Gasteiger partial charge in [0.25, 0.3) is 0 Å². The molecular weight excluding hydrogens is 390 g/mol. The molecule has 2 aromatic carbocycles. The fourth-order valence-electron chi connectivity index (χ4n) is 4.99. The SMILES string of the molecule is CC1=NN=C(C2(C[C@@H](C)N)c3ccc(NC=O)cc3CCc3cc(NC=O)ccc32)C1. The summed E-state index contributed by atoms with van der Waals surface area (Å²) in [7, 11) is 0. The third kappa shape index (κ3) is 3.77. The zero-order valence-corrected chi connectivity index (χ0v) is 17.8. The van der Waals surface area contributed by atoms with Crippen molar-refractivity contribution in [2.45, 2.75) is 51.0 Å². The lowest BCUT2D eigenvalue weighted by Gasteiger charge is -2.38. The average molecular weight is 418 g/mol. The van der Waals surface area contributed by atoms with Gasteiger partial charge in [-0.05, 0) is 79.6 Å². The molecule has 4 rings (SSSR count). The molecule has 2 aromatic rings. The second-order valence-corrected chi connectivity index (χ2v) is 8.41. The maximum Gasteiger partial charge on any atom is 0.211 e. The molecule has 0 saturated carbocycles. The molecule has 4 N–H and O–H groups in total. The van der Waals surface area contributed by atoms with E-state index in [9.17, 15) is 9.59 Å². The molecule has 160 valence electrons. The summed E-state index contributed by atoms with van der Waals surface area (Å²) < 4.78 is 0. The van der Waals surface area contributed by atoms with Gasteiger partial charge in [-0.15, -0.1) is 0 Å². The van der Waals surface area contributed by atoms with Crippen LogP contribution in [0, 0.1) is 0 Å². The Kier molecular flexibility index (Phi) is 5.69. The molecule has 1 aliphatic carbocycles. The summed E-state index contributed by atoms with van der Waals surface area (Å²) in [4.78, 5) is 22.0. The van der Waals surface area contributed by atoms with Crippen molar-refractivity contribution in [2.24, 2.45) is 15.9 Å². The maximum absolute atomic E-state index is 11.0. The van der Waals surface area contributed by atoms with E-state index in [1.54, 1.807) is 0 Å². The summed E-state index contributed by atoms with van der Waals surface area (Å²) in [5.74, 6) is 0. The van der Waals surface area contributed by atoms with Crippen LogP contribution in [0.3, 0.4) is 0 Å². The summed E-state index contributed by atoms with van der Waals surface area (Å²) in [6, 6.07) is 12.0. The van der Waals surface area contributed by atoms with Crippen molar-refractivity contribution in [3.63, 3.8) is 0 Å². The number of aryl methyl sites for hydroxylation is 2. The predicted molar refractivity (Wildman–Crippen MR) is 124 cm³/mol. The molecule has 0 unspecified atom stereocenters. The van der Waals surface area contributed by atoms with Gasteiger partial charge in [0.15, 0.2) is 0 Å². The maximum atomic E-state index is 11.0. The minimum Gasteiger partial charge on any atom is -0.329 e. The topological polar surface area (TPSA) is 109 Å². The molecule has 31 heavy (non-hydrogen) atoms. The normalized spacial score (nSPS) is 17.4. The number of hydrogen-bond acceptors (Lipinski definition) is 5. The number of hydrogen-bond donors (Lipinski definition) is 3. The quantitative estimate of drug-likeness (QED) is 0.602. The molecule has 1 aliphatic heterocycles. The van der Waals surface area contributed by atoms with Gasteiger partial charge < -0.3 is 16.4 Å². The van der Waals surface area contributed by atoms with E-state index in [-0.39, 0.29) is 6.04 Å². The second-order valence-electron chi connectivity index (χ2n) is 8.41. The van der Waals surface area contributed by atoms with Crippen LogP contribution in [-0.2, 0) is 27.8 Å². The molecule has 2 amide bonds. The lowest BCUT2D eigenvalue weighted by Crippen LogP contribution is -2.42. The molecule has 0 aromatic heterocycles. The number of fused-ring (bicyclic) bond motifs is 2. The first kappa shape index (κ1) is 20.9. The summed E-state index contributed by atoms with van der Waals surface area (Å²) >= 11 is 0. The van der Waals surface area contributed by atoms with Gasteiger partial charge >= 0.3 is 0 Å². The Morgan fingerprint density at radius 2 is 1.55 bits per heavy atom. The zero-order chi connectivity index (χ0) is 22.0. The summed E-state index contributed by atoms with van der Waals surface area (Å²) in [5.41, 5.74) is 14.0. The van der Waals surface area contributed by atoms with Crippen molar-refractivity contribution < 1.29 is 9.59 Å². The number of nitrogens with zero attached hydrogens (tertiary/aromatic N) is 2. The molecule has 0 spiro atoms. The van der Waals surface area contributed by atoms with Crippen molar-refractivity contribution >= 4 is 35.6 Å². The van der Waals surface area contributed by atoms with Gasteiger partial charge in [0.05, 0.1) is 11.1 Å². The van der Waals surface area contributed by atoms with Crippen LogP contribution in [0.5, 0.6) is 0 Å². The Morgan fingerprint density at radius 3 is 1.97 bits per heavy atom. The van der Waals surface area contributed by atoms with E-state index in [1.165, 1.54) is 0 Å². The van der Waals surface area contributed by atoms with Gasteiger partial charge in [-0.25, -0.2) is 0 Å². The summed E-state index contributed by atoms with van der Waals surface area (Å²) in [5, 5.41) is 14.5. The van der Waals surface area contributed by atoms with E-state index in [4.69, 9.17) is 5.73 Å². The Labute approximate surface area is 181 Å². The minimum absolute atomic E-state index is 0.0806. The molecule has 1 heterocycles. The summed E-state index contributed by atoms with van der Waals surface area (Å²) in [6.45, 7) is 4.00. The van der Waals surface area contributed by atoms with Gasteiger partial charge in [0.2, 0.25) is 12.8 Å². The van der Waals surface area contributed by atoms with Crippen molar-refractivity contribution in [2.75, 3.05) is 10.6 Å². The number of nitrogens with two attached hydrogens (primary N) is 1. The highest BCUT2D eigenvalue weighted by molar-refractivity contribution is 6.13. The molecular formula is C24H27N5O2. The Balaban J connectivity index is 1.99. The molecule has 1 atom stereocenters. The number of carbonyl (C=O) groups is 2. The van der Waals surface area contributed by atoms with E-state index in [2.05, 4.69) is 33.0 Å². The zero-order valence-electron chi connectivity index (χ0n) is 17.8. The third-order valence-corrected chi connectivity index (χ3v) is 6.13. The van der Waals surface area contributed by atoms with Crippen LogP contribution in [0.4, 0.5) is 11.4 Å². The predicted octanol–water partition coefficient (Wildman–Crippen LogP) is 3.17. The molecule has 0 saturated heterocycles. The number of anilines is 2. The Bertz CT molecular complexity index is 1030. The second kappa shape index (κ2) is 8.43. The molecule has 2 aliphatic rings. The van der Waals surface area contributed by atoms with E-state index in [1.807, 2.05) is 38.1 Å². The molecule has 0 bridgehead atoms. The number of benzene rings is 2. The first-order chi connectivity index (χ1) is 15.0. The van der Waals surface area contributed by atoms with Crippen LogP contribution in [0.2, 0.25) is 0 Å². The van der Waals surface area contributed by atoms with Gasteiger partial charge in [0, 0.05) is 29.5 Å². The molecule has 7 heteroatoms. The van der Waals surface area contributed by atoms with E-state index in [0.717, 1.165) is 57.9 Å². The fraction of sp³-hybridized carbons (Fsp3) is 0.333. The summed E-state index contributed by atoms with van der Waals surface area (Å²) in [6.07, 6.45) is 4.35. The average Bonchev–Trinajstić information content (AvgIpc) is 3.13. The highest BCUT2D eigenvalue weighted by atomic mass is 16.1. The van der Waals surface area contributed by atoms with Gasteiger partial charge in [-0.3, -0.25) is 9.59 Å². The van der Waals surface area contributed by atoms with Crippen molar-refractivity contribution in [3.05, 3.63) is 58.7 Å². The van der Waals surface area contributed by atoms with Gasteiger partial charge in [-0.1, -0.05) is 12.1 Å². The van der Waals surface area contributed by atoms with Crippen molar-refractivity contribution in [3.8, 4) is 0 Å². The Morgan fingerprint density at radius 1 is 1.00 bits per heavy atom. The van der Waals surface area contributed by atoms with Crippen molar-refractivity contribution in [1.29, 1.82) is 0 Å². The molecule has 0 fully saturated rings. The first-order valence-corrected chi connectivity index (χ1v) is 10.5. The number of nitrogens with one attached hydrogen (secondary N) is 2. The van der Waals surface area contributed by atoms with Crippen LogP contribution in [-0.4, -0.2) is 30.3 Å². The third-order valence-electron chi connectivity index (χ3n) is 6.13. The van der Waals surface area contributed by atoms with Crippen LogP contribution < -0.4 is 16.4 Å². The van der Waals surface area contributed by atoms with E-state index in [0.29, 0.717) is 25.7 Å². The number of rotatable bonds is 7. The van der Waals surface area contributed by atoms with Crippen LogP contribution in [0.25, 0.3) is 0 Å². The van der Waals surface area contributed by atoms with Crippen LogP contribution >= 0.6 is 0 Å². The number of amides is 2. The monoisotopic (exact) mass is 417 g/mol. The Hall–Kier alpha value is -3.32. The lowest BCUT2D eigenvalue weighted by atomic mass is 9.65. The highest BCUT2D eigenvalue weighted by Crippen LogP contribution is 2.46. The van der Waals surface area contributed by atoms with E-state index < -0.39 is 5.41 Å². The standard InChI is InChI=1S/C24H27N5O2/c1-15(25)12-24(23-9-16(2)28-29-23)21-7-5-19(26-13-30)10-17(21)3-4-18-11-20(27-14-31)6-8-22(18)24/h5-8,10-11,13-15H,3-4,9,12,25H2,1-2H3,(H,26,30)(H,27,31)/t15-/m1/s1. The van der Waals surface area contributed by atoms with Crippen LogP contribution in [0.1, 0.15) is 48.9 Å². The first-order valence-electron chi connectivity index (χ1n) is 10.5. The highest BCUT2D eigenvalue weighted by Gasteiger charge is 2.45. The van der Waals surface area contributed by atoms with Gasteiger partial charge in [-0.2, -0.15) is 10.2 Å². The smallest absolute Gasteiger partial charge is 0.211 e. The van der Waals surface area contributed by atoms with Crippen LogP contribution in [0.15, 0.2) is 46.6 Å². The largest absolute Gasteiger partial charge is 0.329 e. The molecule has 0 radical (unpaired) electrons. The van der Waals surface area contributed by atoms with Gasteiger partial charge in [0.1, 0.15) is 0 Å².